The molecule has 0 aliphatic heterocycles. The number of fused-ring (bicyclic) bond motifs is 1. The summed E-state index contributed by atoms with van der Waals surface area (Å²) in [6.07, 6.45) is 6.18. The lowest BCUT2D eigenvalue weighted by Crippen LogP contribution is -2.23. The highest BCUT2D eigenvalue weighted by Crippen LogP contribution is 2.33. The molecule has 0 fully saturated rings. The Labute approximate surface area is 166 Å². The fourth-order valence-corrected chi connectivity index (χ4v) is 3.44. The lowest BCUT2D eigenvalue weighted by molar-refractivity contribution is 0.581. The van der Waals surface area contributed by atoms with Crippen LogP contribution in [0.1, 0.15) is 5.56 Å². The summed E-state index contributed by atoms with van der Waals surface area (Å²) in [5.74, 6) is 0. The second kappa shape index (κ2) is 7.20. The van der Waals surface area contributed by atoms with Crippen LogP contribution in [0.25, 0.3) is 28.0 Å². The van der Waals surface area contributed by atoms with Crippen molar-refractivity contribution in [2.45, 2.75) is 13.0 Å². The van der Waals surface area contributed by atoms with E-state index in [-0.39, 0.29) is 5.56 Å². The first-order valence-corrected chi connectivity index (χ1v) is 9.38. The Morgan fingerprint density at radius 1 is 0.931 bits per heavy atom. The molecular formula is C22H18N6O. The second-order valence-electron chi connectivity index (χ2n) is 6.76. The zero-order valence-corrected chi connectivity index (χ0v) is 15.6. The summed E-state index contributed by atoms with van der Waals surface area (Å²) in [6.45, 7) is 0.478. The Kier molecular flexibility index (Phi) is 4.25. The summed E-state index contributed by atoms with van der Waals surface area (Å²) in [7, 11) is 0. The third-order valence-corrected chi connectivity index (χ3v) is 4.88. The first kappa shape index (κ1) is 17.1. The number of H-pyrrole nitrogens is 1. The fraction of sp³-hybridized carbons (Fsp3) is 0.0909. The third kappa shape index (κ3) is 3.23. The molecule has 7 nitrogen and oxygen atoms in total. The number of benzene rings is 1. The molecule has 1 N–H and O–H groups in total. The predicted molar refractivity (Wildman–Crippen MR) is 110 cm³/mol. The molecule has 0 radical (unpaired) electrons. The van der Waals surface area contributed by atoms with Gasteiger partial charge in [0, 0.05) is 30.6 Å². The number of hydrogen-bond donors (Lipinski definition) is 1. The Balaban J connectivity index is 1.64. The minimum absolute atomic E-state index is 0.130. The van der Waals surface area contributed by atoms with Gasteiger partial charge in [0.05, 0.1) is 23.0 Å². The number of aromatic amines is 1. The molecule has 0 saturated heterocycles. The zero-order valence-electron chi connectivity index (χ0n) is 15.6. The molecule has 0 spiro atoms. The van der Waals surface area contributed by atoms with E-state index in [1.165, 1.54) is 4.68 Å². The number of hydrogen-bond acceptors (Lipinski definition) is 4. The number of pyridine rings is 1. The van der Waals surface area contributed by atoms with Crippen molar-refractivity contribution in [2.75, 3.05) is 0 Å². The molecule has 4 aromatic heterocycles. The van der Waals surface area contributed by atoms with Gasteiger partial charge in [0.1, 0.15) is 5.69 Å². The SMILES string of the molecule is O=c1ccc(-c2c(-c3ccccc3)nn3ccccc23)nn1CCc1cn[nH]c1. The number of nitrogens with one attached hydrogen (secondary N) is 1. The van der Waals surface area contributed by atoms with Crippen molar-refractivity contribution in [3.63, 3.8) is 0 Å². The van der Waals surface area contributed by atoms with Gasteiger partial charge in [-0.15, -0.1) is 0 Å². The van der Waals surface area contributed by atoms with Crippen LogP contribution in [0.3, 0.4) is 0 Å². The fourth-order valence-electron chi connectivity index (χ4n) is 3.44. The molecule has 0 amide bonds. The van der Waals surface area contributed by atoms with Gasteiger partial charge in [-0.2, -0.15) is 15.3 Å². The van der Waals surface area contributed by atoms with Crippen molar-refractivity contribution in [1.29, 1.82) is 0 Å². The maximum atomic E-state index is 12.4. The maximum Gasteiger partial charge on any atom is 0.266 e. The first-order chi connectivity index (χ1) is 14.3. The highest BCUT2D eigenvalue weighted by Gasteiger charge is 2.18. The summed E-state index contributed by atoms with van der Waals surface area (Å²) >= 11 is 0. The summed E-state index contributed by atoms with van der Waals surface area (Å²) in [5, 5.41) is 16.2. The van der Waals surface area contributed by atoms with Gasteiger partial charge < -0.3 is 0 Å². The first-order valence-electron chi connectivity index (χ1n) is 9.38. The van der Waals surface area contributed by atoms with Gasteiger partial charge in [-0.05, 0) is 30.2 Å². The van der Waals surface area contributed by atoms with E-state index < -0.39 is 0 Å². The van der Waals surface area contributed by atoms with Crippen molar-refractivity contribution in [3.8, 4) is 22.5 Å². The van der Waals surface area contributed by atoms with E-state index in [2.05, 4.69) is 15.3 Å². The van der Waals surface area contributed by atoms with E-state index in [4.69, 9.17) is 5.10 Å². The molecule has 5 aromatic rings. The highest BCUT2D eigenvalue weighted by molar-refractivity contribution is 5.90. The van der Waals surface area contributed by atoms with E-state index in [0.29, 0.717) is 13.0 Å². The topological polar surface area (TPSA) is 80.9 Å². The smallest absolute Gasteiger partial charge is 0.266 e. The number of rotatable bonds is 5. The van der Waals surface area contributed by atoms with E-state index in [1.54, 1.807) is 18.3 Å². The van der Waals surface area contributed by atoms with Crippen LogP contribution in [0.5, 0.6) is 0 Å². The minimum atomic E-state index is -0.130. The second-order valence-corrected chi connectivity index (χ2v) is 6.76. The van der Waals surface area contributed by atoms with Gasteiger partial charge in [0.25, 0.3) is 5.56 Å². The maximum absolute atomic E-state index is 12.4. The molecular weight excluding hydrogens is 364 g/mol. The molecule has 0 aliphatic carbocycles. The summed E-state index contributed by atoms with van der Waals surface area (Å²) in [4.78, 5) is 12.4. The van der Waals surface area contributed by atoms with Gasteiger partial charge in [0.15, 0.2) is 0 Å². The predicted octanol–water partition coefficient (Wildman–Crippen LogP) is 3.19. The molecule has 1 aromatic carbocycles. The normalized spacial score (nSPS) is 11.2. The van der Waals surface area contributed by atoms with Crippen LogP contribution in [0, 0.1) is 0 Å². The van der Waals surface area contributed by atoms with Crippen LogP contribution in [-0.4, -0.2) is 29.6 Å². The van der Waals surface area contributed by atoms with Crippen molar-refractivity contribution in [1.82, 2.24) is 29.6 Å². The van der Waals surface area contributed by atoms with Crippen LogP contribution in [0.2, 0.25) is 0 Å². The van der Waals surface area contributed by atoms with E-state index in [0.717, 1.165) is 33.6 Å². The van der Waals surface area contributed by atoms with Gasteiger partial charge in [-0.3, -0.25) is 9.89 Å². The molecule has 29 heavy (non-hydrogen) atoms. The monoisotopic (exact) mass is 382 g/mol. The van der Waals surface area contributed by atoms with Crippen molar-refractivity contribution in [2.24, 2.45) is 0 Å². The van der Waals surface area contributed by atoms with Gasteiger partial charge in [-0.1, -0.05) is 36.4 Å². The van der Waals surface area contributed by atoms with Crippen LogP contribution in [-0.2, 0) is 13.0 Å². The molecule has 5 rings (SSSR count). The lowest BCUT2D eigenvalue weighted by Gasteiger charge is -2.07. The van der Waals surface area contributed by atoms with Gasteiger partial charge in [0.2, 0.25) is 0 Å². The van der Waals surface area contributed by atoms with Crippen LogP contribution < -0.4 is 5.56 Å². The average Bonchev–Trinajstić information content (AvgIpc) is 3.42. The van der Waals surface area contributed by atoms with E-state index >= 15 is 0 Å². The van der Waals surface area contributed by atoms with Gasteiger partial charge in [-0.25, -0.2) is 9.20 Å². The lowest BCUT2D eigenvalue weighted by atomic mass is 10.0. The minimum Gasteiger partial charge on any atom is -0.285 e. The summed E-state index contributed by atoms with van der Waals surface area (Å²) in [6, 6.07) is 19.3. The number of aromatic nitrogens is 6. The van der Waals surface area contributed by atoms with E-state index in [1.807, 2.05) is 65.4 Å². The summed E-state index contributed by atoms with van der Waals surface area (Å²) in [5.41, 5.74) is 5.32. The molecule has 142 valence electrons. The van der Waals surface area contributed by atoms with Gasteiger partial charge >= 0.3 is 0 Å². The molecule has 0 saturated carbocycles. The Morgan fingerprint density at radius 3 is 2.62 bits per heavy atom. The molecule has 0 unspecified atom stereocenters. The third-order valence-electron chi connectivity index (χ3n) is 4.88. The Bertz CT molecular complexity index is 1320. The highest BCUT2D eigenvalue weighted by atomic mass is 16.1. The zero-order chi connectivity index (χ0) is 19.6. The largest absolute Gasteiger partial charge is 0.285 e. The number of nitrogens with zero attached hydrogens (tertiary/aromatic N) is 5. The van der Waals surface area contributed by atoms with Crippen LogP contribution in [0.4, 0.5) is 0 Å². The van der Waals surface area contributed by atoms with Crippen LogP contribution >= 0.6 is 0 Å². The molecule has 0 aliphatic rings. The molecule has 4 heterocycles. The Hall–Kier alpha value is -4.00. The summed E-state index contributed by atoms with van der Waals surface area (Å²) < 4.78 is 3.35. The Morgan fingerprint density at radius 2 is 1.79 bits per heavy atom. The van der Waals surface area contributed by atoms with Crippen LogP contribution in [0.15, 0.2) is 84.0 Å². The standard InChI is InChI=1S/C22H18N6O/c29-20-10-9-18(25-28(20)13-11-16-14-23-24-15-16)21-19-8-4-5-12-27(19)26-22(21)17-6-2-1-3-7-17/h1-10,12,14-15H,11,13H2,(H,23,24). The van der Waals surface area contributed by atoms with E-state index in [9.17, 15) is 4.79 Å². The van der Waals surface area contributed by atoms with Crippen molar-refractivity contribution < 1.29 is 0 Å². The quantitative estimate of drug-likeness (QED) is 0.506. The average molecular weight is 382 g/mol. The molecule has 0 atom stereocenters. The van der Waals surface area contributed by atoms with Crippen molar-refractivity contribution >= 4 is 5.52 Å². The molecule has 7 heteroatoms. The number of aryl methyl sites for hydroxylation is 2. The molecule has 0 bridgehead atoms. The van der Waals surface area contributed by atoms with Crippen molar-refractivity contribution in [3.05, 3.63) is 95.2 Å².